The number of carbonyl (C=O) groups is 2. The van der Waals surface area contributed by atoms with Crippen LogP contribution in [0.15, 0.2) is 84.5 Å². The van der Waals surface area contributed by atoms with Crippen molar-refractivity contribution in [1.82, 2.24) is 0 Å². The Kier molecular flexibility index (Phi) is 20.7. The SMILES string of the molecule is CCCCC/C=C\C=C\C(=O)OC[C@@H]1O[C@@H](O[C@@H]2[C@@H](OC(=O)/C=C\C=C\C[C@H](O)/C(C)=C/C=C/CC[C@@H](C)CC)[C@@H](O)[C@@]3(OCc4cc(O)cc(O)c43)O[C@H]2CO)[C@H](O)[C@@H](O)[C@H]1O. The topological polar surface area (TPSA) is 251 Å². The third-order valence-electron chi connectivity index (χ3n) is 11.3. The van der Waals surface area contributed by atoms with Crippen LogP contribution in [0.2, 0.25) is 0 Å². The lowest BCUT2D eigenvalue weighted by Gasteiger charge is -2.50. The van der Waals surface area contributed by atoms with Crippen molar-refractivity contribution < 1.29 is 78.9 Å². The van der Waals surface area contributed by atoms with Crippen LogP contribution in [0.3, 0.4) is 0 Å². The van der Waals surface area contributed by atoms with E-state index in [1.54, 1.807) is 12.2 Å². The van der Waals surface area contributed by atoms with Gasteiger partial charge in [-0.2, -0.15) is 0 Å². The summed E-state index contributed by atoms with van der Waals surface area (Å²) in [6.07, 6.45) is 8.36. The van der Waals surface area contributed by atoms with Gasteiger partial charge in [-0.3, -0.25) is 0 Å². The molecule has 3 aliphatic heterocycles. The van der Waals surface area contributed by atoms with E-state index >= 15 is 0 Å². The van der Waals surface area contributed by atoms with Gasteiger partial charge in [-0.05, 0) is 62.1 Å². The first-order valence-corrected chi connectivity index (χ1v) is 21.7. The second kappa shape index (κ2) is 25.3. The summed E-state index contributed by atoms with van der Waals surface area (Å²) in [5.74, 6) is -4.26. The summed E-state index contributed by atoms with van der Waals surface area (Å²) < 4.78 is 34.8. The molecule has 3 aliphatic rings. The highest BCUT2D eigenvalue weighted by Gasteiger charge is 2.63. The first kappa shape index (κ1) is 51.4. The average Bonchev–Trinajstić information content (AvgIpc) is 3.63. The predicted molar refractivity (Wildman–Crippen MR) is 230 cm³/mol. The number of benzene rings is 1. The number of esters is 2. The van der Waals surface area contributed by atoms with Crippen LogP contribution >= 0.6 is 0 Å². The van der Waals surface area contributed by atoms with Crippen molar-refractivity contribution in [2.75, 3.05) is 13.2 Å². The molecule has 0 bridgehead atoms. The van der Waals surface area contributed by atoms with Crippen LogP contribution in [-0.2, 0) is 50.4 Å². The quantitative estimate of drug-likeness (QED) is 0.0354. The lowest BCUT2D eigenvalue weighted by molar-refractivity contribution is -0.395. The van der Waals surface area contributed by atoms with Crippen LogP contribution in [0.1, 0.15) is 90.2 Å². The van der Waals surface area contributed by atoms with Crippen LogP contribution in [0, 0.1) is 5.92 Å². The Morgan fingerprint density at radius 3 is 2.32 bits per heavy atom. The monoisotopic (exact) mass is 886 g/mol. The molecule has 0 amide bonds. The van der Waals surface area contributed by atoms with Gasteiger partial charge in [0.05, 0.1) is 24.9 Å². The van der Waals surface area contributed by atoms with Gasteiger partial charge in [0, 0.05) is 18.2 Å². The molecule has 2 saturated heterocycles. The van der Waals surface area contributed by atoms with E-state index in [0.717, 1.165) is 68.7 Å². The van der Waals surface area contributed by atoms with Gasteiger partial charge in [0.25, 0.3) is 0 Å². The number of carbonyl (C=O) groups excluding carboxylic acids is 2. The minimum atomic E-state index is -2.27. The van der Waals surface area contributed by atoms with Crippen molar-refractivity contribution >= 4 is 11.9 Å². The highest BCUT2D eigenvalue weighted by molar-refractivity contribution is 5.82. The molecule has 8 N–H and O–H groups in total. The van der Waals surface area contributed by atoms with Crippen molar-refractivity contribution in [1.29, 1.82) is 0 Å². The summed E-state index contributed by atoms with van der Waals surface area (Å²) in [6.45, 7) is 6.54. The predicted octanol–water partition coefficient (Wildman–Crippen LogP) is 4.07. The molecule has 16 heteroatoms. The van der Waals surface area contributed by atoms with Gasteiger partial charge in [0.2, 0.25) is 5.79 Å². The molecule has 12 atom stereocenters. The highest BCUT2D eigenvalue weighted by Crippen LogP contribution is 2.51. The van der Waals surface area contributed by atoms with Crippen LogP contribution < -0.4 is 0 Å². The normalized spacial score (nSPS) is 30.0. The number of phenols is 2. The zero-order valence-corrected chi connectivity index (χ0v) is 36.5. The fourth-order valence-electron chi connectivity index (χ4n) is 7.32. The number of fused-ring (bicyclic) bond motifs is 2. The maximum absolute atomic E-state index is 13.4. The van der Waals surface area contributed by atoms with E-state index in [1.807, 2.05) is 25.2 Å². The number of rotatable bonds is 22. The molecule has 350 valence electrons. The molecule has 0 radical (unpaired) electrons. The van der Waals surface area contributed by atoms with Gasteiger partial charge in [-0.25, -0.2) is 9.59 Å². The van der Waals surface area contributed by atoms with Gasteiger partial charge < -0.3 is 69.3 Å². The summed E-state index contributed by atoms with van der Waals surface area (Å²) in [4.78, 5) is 25.8. The average molecular weight is 887 g/mol. The van der Waals surface area contributed by atoms with Gasteiger partial charge in [-0.15, -0.1) is 0 Å². The van der Waals surface area contributed by atoms with Crippen molar-refractivity contribution in [3.63, 3.8) is 0 Å². The largest absolute Gasteiger partial charge is 0.508 e. The Labute approximate surface area is 369 Å². The second-order valence-electron chi connectivity index (χ2n) is 16.1. The van der Waals surface area contributed by atoms with Gasteiger partial charge >= 0.3 is 11.9 Å². The van der Waals surface area contributed by atoms with E-state index < -0.39 is 97.9 Å². The first-order chi connectivity index (χ1) is 30.2. The Morgan fingerprint density at radius 2 is 1.60 bits per heavy atom. The molecule has 0 unspecified atom stereocenters. The minimum absolute atomic E-state index is 0.107. The van der Waals surface area contributed by atoms with E-state index in [9.17, 15) is 50.4 Å². The Morgan fingerprint density at radius 1 is 0.889 bits per heavy atom. The van der Waals surface area contributed by atoms with Crippen molar-refractivity contribution in [3.8, 4) is 11.5 Å². The third-order valence-corrected chi connectivity index (χ3v) is 11.3. The maximum Gasteiger partial charge on any atom is 0.331 e. The maximum atomic E-state index is 13.4. The molecule has 16 nitrogen and oxygen atoms in total. The van der Waals surface area contributed by atoms with E-state index in [4.69, 9.17) is 28.4 Å². The molecule has 2 fully saturated rings. The molecule has 4 rings (SSSR count). The van der Waals surface area contributed by atoms with Gasteiger partial charge in [-0.1, -0.05) is 94.7 Å². The molecule has 1 spiro atoms. The molecular weight excluding hydrogens is 821 g/mol. The number of ether oxygens (including phenoxy) is 6. The van der Waals surface area contributed by atoms with Crippen LogP contribution in [0.4, 0.5) is 0 Å². The number of phenolic OH excluding ortho intramolecular Hbond substituents is 2. The van der Waals surface area contributed by atoms with Crippen LogP contribution in [-0.4, -0.2) is 127 Å². The second-order valence-corrected chi connectivity index (χ2v) is 16.1. The zero-order chi connectivity index (χ0) is 46.1. The summed E-state index contributed by atoms with van der Waals surface area (Å²) >= 11 is 0. The summed E-state index contributed by atoms with van der Waals surface area (Å²) in [6, 6.07) is 2.27. The lowest BCUT2D eigenvalue weighted by Crippen LogP contribution is -2.67. The van der Waals surface area contributed by atoms with E-state index in [2.05, 4.69) is 26.8 Å². The number of unbranched alkanes of at least 4 members (excludes halogenated alkanes) is 3. The van der Waals surface area contributed by atoms with Crippen LogP contribution in [0.25, 0.3) is 0 Å². The van der Waals surface area contributed by atoms with Crippen molar-refractivity contribution in [2.24, 2.45) is 5.92 Å². The Balaban J connectivity index is 1.50. The number of aliphatic hydroxyl groups excluding tert-OH is 6. The molecule has 3 heterocycles. The number of hydrogen-bond acceptors (Lipinski definition) is 16. The molecular formula is C47H66O16. The van der Waals surface area contributed by atoms with E-state index in [-0.39, 0.29) is 29.9 Å². The van der Waals surface area contributed by atoms with Gasteiger partial charge in [0.1, 0.15) is 54.7 Å². The highest BCUT2D eigenvalue weighted by atomic mass is 16.8. The van der Waals surface area contributed by atoms with E-state index in [1.165, 1.54) is 24.3 Å². The van der Waals surface area contributed by atoms with Crippen LogP contribution in [0.5, 0.6) is 11.5 Å². The summed E-state index contributed by atoms with van der Waals surface area (Å²) in [5.41, 5.74) is 0.867. The van der Waals surface area contributed by atoms with Crippen molar-refractivity contribution in [3.05, 3.63) is 95.7 Å². The molecule has 1 aromatic rings. The smallest absolute Gasteiger partial charge is 0.331 e. The number of aromatic hydroxyl groups is 2. The summed E-state index contributed by atoms with van der Waals surface area (Å²) in [5, 5.41) is 86.7. The first-order valence-electron chi connectivity index (χ1n) is 21.7. The van der Waals surface area contributed by atoms with Crippen molar-refractivity contribution in [2.45, 2.75) is 153 Å². The fourth-order valence-corrected chi connectivity index (χ4v) is 7.32. The molecule has 0 saturated carbocycles. The third kappa shape index (κ3) is 14.1. The fraction of sp³-hybridized carbons (Fsp3) is 0.574. The van der Waals surface area contributed by atoms with Gasteiger partial charge in [0.15, 0.2) is 18.5 Å². The number of hydrogen-bond donors (Lipinski definition) is 8. The standard InChI is InChI=1S/C47H66O16/c1-5-7-8-9-10-11-17-22-37(52)58-28-36-40(54)41(55)42(56)46(60-36)62-43-35(26-48)63-47(39-31(27-59-47)24-32(49)25-34(39)51)45(57)44(43)61-38(53)23-18-13-16-21-33(50)30(4)20-15-12-14-19-29(3)6-2/h10-13,15-18,20,22-25,29,33,35-36,40-46,48-51,54-57H,5-9,14,19,21,26-28H2,1-4H3/b11-10-,15-12+,16-13+,22-17+,23-18-,30-20+/t29-,33-,35-,36-,40-,41-,42+,43-,44+,45+,46-,47-/m0/s1. The van der Waals surface area contributed by atoms with E-state index in [0.29, 0.717) is 5.92 Å². The number of aliphatic hydroxyl groups is 6. The molecule has 0 aromatic heterocycles. The Hall–Kier alpha value is -4.20. The summed E-state index contributed by atoms with van der Waals surface area (Å²) in [7, 11) is 0. The number of allylic oxidation sites excluding steroid dienone is 8. The Bertz CT molecular complexity index is 1800. The molecule has 0 aliphatic carbocycles. The zero-order valence-electron chi connectivity index (χ0n) is 36.5. The minimum Gasteiger partial charge on any atom is -0.508 e. The molecule has 1 aromatic carbocycles. The molecule has 63 heavy (non-hydrogen) atoms. The lowest BCUT2D eigenvalue weighted by atomic mass is 9.86.